The lowest BCUT2D eigenvalue weighted by Gasteiger charge is -2.28. The second-order valence-corrected chi connectivity index (χ2v) is 8.52. The summed E-state index contributed by atoms with van der Waals surface area (Å²) in [4.78, 5) is 43.3. The fourth-order valence-electron chi connectivity index (χ4n) is 4.34. The summed E-state index contributed by atoms with van der Waals surface area (Å²) in [5.74, 6) is -0.225. The second kappa shape index (κ2) is 9.70. The lowest BCUT2D eigenvalue weighted by atomic mass is 9.97. The standard InChI is InChI=1S/C27H25N7O3/c1-16-5-7-18(8-6-16)23(28-3)19-9-11-33(12-10-19)27(36)25(35)20-13-29-24-22(20)21(37-4)14-30-26(24)34-15-31-17(2)32-34/h5-8,13-15,29H,9-12H2,1-2,4H3/i5D,6D,7D,8D. The normalized spacial score (nSPS) is 15.0. The Hall–Kier alpha value is -4.78. The molecule has 3 aromatic heterocycles. The van der Waals surface area contributed by atoms with Gasteiger partial charge in [0.15, 0.2) is 11.5 Å². The number of methoxy groups -OCH3 is 1. The lowest BCUT2D eigenvalue weighted by Crippen LogP contribution is -2.40. The van der Waals surface area contributed by atoms with Crippen molar-refractivity contribution in [2.75, 3.05) is 20.2 Å². The number of ketones is 1. The zero-order valence-corrected chi connectivity index (χ0v) is 20.5. The van der Waals surface area contributed by atoms with Crippen molar-refractivity contribution in [3.63, 3.8) is 0 Å². The van der Waals surface area contributed by atoms with E-state index in [4.69, 9.17) is 16.8 Å². The largest absolute Gasteiger partial charge is 0.494 e. The van der Waals surface area contributed by atoms with Crippen LogP contribution in [-0.2, 0) is 4.79 Å². The first-order valence-electron chi connectivity index (χ1n) is 13.5. The molecule has 1 amide bonds. The molecule has 37 heavy (non-hydrogen) atoms. The number of Topliss-reactive ketones (excluding diaryl/α,β-unsaturated/α-hetero) is 1. The van der Waals surface area contributed by atoms with Gasteiger partial charge in [0, 0.05) is 19.3 Å². The first-order valence-corrected chi connectivity index (χ1v) is 11.5. The van der Waals surface area contributed by atoms with E-state index in [9.17, 15) is 9.59 Å². The smallest absolute Gasteiger partial charge is 0.295 e. The molecule has 4 aromatic rings. The van der Waals surface area contributed by atoms with Gasteiger partial charge in [-0.15, -0.1) is 0 Å². The number of likely N-dealkylation sites (tertiary alicyclic amines) is 1. The molecule has 5 rings (SSSR count). The average molecular weight is 500 g/mol. The number of aromatic nitrogens is 5. The van der Waals surface area contributed by atoms with Gasteiger partial charge in [0.25, 0.3) is 11.7 Å². The van der Waals surface area contributed by atoms with Crippen LogP contribution in [0.2, 0.25) is 0 Å². The fourth-order valence-corrected chi connectivity index (χ4v) is 4.34. The summed E-state index contributed by atoms with van der Waals surface area (Å²) in [6.07, 6.45) is 4.88. The maximum Gasteiger partial charge on any atom is 0.295 e. The van der Waals surface area contributed by atoms with E-state index in [-0.39, 0.29) is 72.5 Å². The number of carbonyl (C=O) groups excluding carboxylic acids is 2. The first kappa shape index (κ1) is 19.4. The van der Waals surface area contributed by atoms with Gasteiger partial charge in [-0.2, -0.15) is 5.10 Å². The second-order valence-electron chi connectivity index (χ2n) is 8.52. The number of hydrogen-bond donors (Lipinski definition) is 1. The highest BCUT2D eigenvalue weighted by atomic mass is 16.5. The molecule has 186 valence electrons. The minimum Gasteiger partial charge on any atom is -0.494 e. The Labute approximate surface area is 219 Å². The molecule has 1 fully saturated rings. The van der Waals surface area contributed by atoms with Gasteiger partial charge in [-0.3, -0.25) is 9.59 Å². The molecule has 1 saturated heterocycles. The average Bonchev–Trinajstić information content (AvgIpc) is 3.63. The third-order valence-corrected chi connectivity index (χ3v) is 6.22. The molecule has 1 aliphatic heterocycles. The summed E-state index contributed by atoms with van der Waals surface area (Å²) < 4.78 is 39.8. The van der Waals surface area contributed by atoms with Gasteiger partial charge in [-0.1, -0.05) is 35.3 Å². The molecule has 1 N–H and O–H groups in total. The van der Waals surface area contributed by atoms with Crippen molar-refractivity contribution in [1.82, 2.24) is 29.6 Å². The van der Waals surface area contributed by atoms with Crippen molar-refractivity contribution in [2.45, 2.75) is 26.7 Å². The number of carbonyl (C=O) groups is 2. The van der Waals surface area contributed by atoms with E-state index >= 15 is 0 Å². The van der Waals surface area contributed by atoms with Crippen molar-refractivity contribution in [3.05, 3.63) is 82.4 Å². The van der Waals surface area contributed by atoms with E-state index in [2.05, 4.69) is 24.9 Å². The Morgan fingerprint density at radius 1 is 1.16 bits per heavy atom. The molecule has 4 heterocycles. The summed E-state index contributed by atoms with van der Waals surface area (Å²) >= 11 is 0. The number of nitrogens with one attached hydrogen (secondary N) is 1. The molecule has 10 heteroatoms. The number of rotatable bonds is 5. The Kier molecular flexibility index (Phi) is 5.09. The number of pyridine rings is 1. The third-order valence-electron chi connectivity index (χ3n) is 6.22. The van der Waals surface area contributed by atoms with E-state index in [1.165, 1.54) is 42.3 Å². The monoisotopic (exact) mass is 499 g/mol. The Balaban J connectivity index is 1.43. The maximum absolute atomic E-state index is 13.5. The minimum atomic E-state index is -0.738. The number of fused-ring (bicyclic) bond motifs is 1. The molecule has 0 spiro atoms. The van der Waals surface area contributed by atoms with Gasteiger partial charge in [-0.05, 0) is 32.3 Å². The van der Waals surface area contributed by atoms with Gasteiger partial charge >= 0.3 is 0 Å². The molecule has 1 aliphatic rings. The van der Waals surface area contributed by atoms with Crippen molar-refractivity contribution >= 4 is 28.3 Å². The van der Waals surface area contributed by atoms with E-state index < -0.39 is 11.7 Å². The predicted octanol–water partition coefficient (Wildman–Crippen LogP) is 3.90. The van der Waals surface area contributed by atoms with Crippen LogP contribution < -0.4 is 4.74 Å². The Morgan fingerprint density at radius 3 is 2.51 bits per heavy atom. The van der Waals surface area contributed by atoms with Crippen LogP contribution in [0.5, 0.6) is 5.75 Å². The van der Waals surface area contributed by atoms with Gasteiger partial charge in [0.2, 0.25) is 0 Å². The zero-order chi connectivity index (χ0) is 29.6. The number of H-pyrrole nitrogens is 1. The number of ether oxygens (including phenoxy) is 1. The van der Waals surface area contributed by atoms with E-state index in [0.717, 1.165) is 0 Å². The highest BCUT2D eigenvalue weighted by Gasteiger charge is 2.30. The van der Waals surface area contributed by atoms with Gasteiger partial charge in [0.05, 0.1) is 41.8 Å². The zero-order valence-electron chi connectivity index (χ0n) is 24.5. The third kappa shape index (κ3) is 4.36. The van der Waals surface area contributed by atoms with E-state index in [1.807, 2.05) is 0 Å². The van der Waals surface area contributed by atoms with Crippen LogP contribution >= 0.6 is 0 Å². The van der Waals surface area contributed by atoms with E-state index in [1.54, 1.807) is 6.92 Å². The van der Waals surface area contributed by atoms with Crippen LogP contribution in [0.15, 0.2) is 48.5 Å². The molecule has 0 aliphatic carbocycles. The summed E-state index contributed by atoms with van der Waals surface area (Å²) in [5.41, 5.74) is 1.43. The molecule has 0 atom stereocenters. The highest BCUT2D eigenvalue weighted by molar-refractivity contribution is 6.45. The van der Waals surface area contributed by atoms with E-state index in [0.29, 0.717) is 33.9 Å². The molecule has 0 bridgehead atoms. The summed E-state index contributed by atoms with van der Waals surface area (Å²) in [7, 11) is 1.44. The van der Waals surface area contributed by atoms with Crippen molar-refractivity contribution in [1.29, 1.82) is 0 Å². The van der Waals surface area contributed by atoms with Crippen molar-refractivity contribution in [3.8, 4) is 11.6 Å². The van der Waals surface area contributed by atoms with Gasteiger partial charge in [0.1, 0.15) is 17.9 Å². The number of benzene rings is 1. The minimum absolute atomic E-state index is 0.0377. The first-order chi connectivity index (χ1) is 19.6. The number of amides is 1. The molecule has 0 saturated carbocycles. The van der Waals surface area contributed by atoms with Gasteiger partial charge in [-0.25, -0.2) is 19.5 Å². The SMILES string of the molecule is [2H]c1c([2H])c(C([N+]#[C-])=C2CCN(C(=O)C(=O)c3c[nH]c4c(-n5cnc(C)n5)ncc(OC)c34)CC2)c([2H])c([2H])c1C. The highest BCUT2D eigenvalue weighted by Crippen LogP contribution is 2.33. The number of aromatic amines is 1. The van der Waals surface area contributed by atoms with Crippen LogP contribution in [-0.4, -0.2) is 61.5 Å². The Morgan fingerprint density at radius 2 is 1.89 bits per heavy atom. The van der Waals surface area contributed by atoms with Crippen LogP contribution in [0, 0.1) is 20.4 Å². The Bertz CT molecular complexity index is 1780. The summed E-state index contributed by atoms with van der Waals surface area (Å²) in [6.45, 7) is 11.3. The quantitative estimate of drug-likeness (QED) is 0.253. The van der Waals surface area contributed by atoms with Crippen molar-refractivity contribution < 1.29 is 19.8 Å². The summed E-state index contributed by atoms with van der Waals surface area (Å²) in [6, 6.07) is -0.905. The number of piperidine rings is 1. The maximum atomic E-state index is 13.5. The van der Waals surface area contributed by atoms with Crippen molar-refractivity contribution in [2.24, 2.45) is 0 Å². The molecular weight excluding hydrogens is 470 g/mol. The van der Waals surface area contributed by atoms with Crippen LogP contribution in [0.4, 0.5) is 0 Å². The molecule has 10 nitrogen and oxygen atoms in total. The summed E-state index contributed by atoms with van der Waals surface area (Å²) in [5, 5.41) is 4.67. The molecule has 0 radical (unpaired) electrons. The van der Waals surface area contributed by atoms with Crippen LogP contribution in [0.3, 0.4) is 0 Å². The number of hydrogen-bond acceptors (Lipinski definition) is 6. The topological polar surface area (TPSA) is 110 Å². The number of nitrogens with zero attached hydrogens (tertiary/aromatic N) is 6. The molecular formula is C27H25N7O3. The number of aryl methyl sites for hydroxylation is 1. The molecule has 0 unspecified atom stereocenters. The lowest BCUT2D eigenvalue weighted by molar-refractivity contribution is -0.126. The van der Waals surface area contributed by atoms with Crippen LogP contribution in [0.25, 0.3) is 27.3 Å². The molecule has 1 aromatic carbocycles. The van der Waals surface area contributed by atoms with Gasteiger partial charge < -0.3 is 14.6 Å². The van der Waals surface area contributed by atoms with Crippen LogP contribution in [0.1, 0.15) is 45.6 Å². The predicted molar refractivity (Wildman–Crippen MR) is 137 cm³/mol. The fraction of sp³-hybridized carbons (Fsp3) is 0.259.